The molecule has 5 N–H and O–H groups in total. The summed E-state index contributed by atoms with van der Waals surface area (Å²) in [7, 11) is 9.76. The minimum absolute atomic E-state index is 0.0211. The number of nitrogens with one attached hydrogen (secondary N) is 4. The number of morpholine rings is 1. The molecule has 2 saturated heterocycles. The molecule has 2 aliphatic rings. The number of allylic oxidation sites excluding steroid dienone is 2. The number of nitrogens with zero attached hydrogens (tertiary/aromatic N) is 8. The zero-order valence-electron chi connectivity index (χ0n) is 61.7. The van der Waals surface area contributed by atoms with Crippen LogP contribution in [0, 0.1) is 40.7 Å². The number of amides is 11. The van der Waals surface area contributed by atoms with Gasteiger partial charge in [-0.15, -0.1) is 0 Å². The fourth-order valence-corrected chi connectivity index (χ4v) is 12.2. The lowest BCUT2D eigenvalue weighted by Gasteiger charge is -2.45. The minimum atomic E-state index is -1.65. The standard InChI is InChI=1S/C68H122N12O15/c1-24-26-29-45(13)58(82)57-62(86)71-49(25-2)64(88)73(17)39-53(81)77(21)56(48(16)95-33-28-27-30-80(93)31-34-94-35-32-80)61(85)72-54(43(9)10)67(91)74(18)50(36-40(3)4)60(84)69-46(14)59(83)70-47(15)63(87)75(19)51(37-41(5)6)65(89)76(20)52(38-42(7)8)66(90)78(22)55(44(11)12)68(92)79(57)23/h24,26,40-52,54-58,82H,25,27-39H2,1-23H3,(H,69,84)(H,70,83)(H,71,86)(H,72,85)/b26-24+/t45-,46+,47+,48-,49+,50-,51+,52-,54+,55+,56+,57+,58-/m1/s1. The average Bonchev–Trinajstić information content (AvgIpc) is 0.817. The summed E-state index contributed by atoms with van der Waals surface area (Å²) in [6.45, 7) is 28.7. The molecular formula is C68H122N12O15. The highest BCUT2D eigenvalue weighted by molar-refractivity contribution is 5.99. The molecule has 0 aromatic carbocycles. The van der Waals surface area contributed by atoms with Gasteiger partial charge >= 0.3 is 0 Å². The van der Waals surface area contributed by atoms with E-state index in [1.165, 1.54) is 82.8 Å². The quantitative estimate of drug-likeness (QED) is 0.0507. The molecule has 2 heterocycles. The second-order valence-electron chi connectivity index (χ2n) is 28.5. The van der Waals surface area contributed by atoms with Gasteiger partial charge in [0.15, 0.2) is 0 Å². The van der Waals surface area contributed by atoms with E-state index in [9.17, 15) is 48.7 Å². The highest BCUT2D eigenvalue weighted by atomic mass is 16.6. The van der Waals surface area contributed by atoms with E-state index < -0.39 is 167 Å². The molecule has 0 saturated carbocycles. The third-order valence-electron chi connectivity index (χ3n) is 18.4. The largest absolute Gasteiger partial charge is 0.633 e. The Labute approximate surface area is 567 Å². The third kappa shape index (κ3) is 24.3. The number of aliphatic hydroxyl groups excluding tert-OH is 1. The molecule has 27 nitrogen and oxygen atoms in total. The third-order valence-corrected chi connectivity index (χ3v) is 18.4. The summed E-state index contributed by atoms with van der Waals surface area (Å²) < 4.78 is 11.2. The number of hydrogen-bond acceptors (Lipinski definition) is 15. The number of carbonyl (C=O) groups excluding carboxylic acids is 11. The van der Waals surface area contributed by atoms with Gasteiger partial charge < -0.3 is 80.0 Å². The van der Waals surface area contributed by atoms with Crippen LogP contribution in [-0.4, -0.2) is 277 Å². The molecule has 544 valence electrons. The number of aliphatic hydroxyl groups is 1. The molecular weight excluding hydrogens is 1220 g/mol. The molecule has 0 radical (unpaired) electrons. The van der Waals surface area contributed by atoms with Crippen molar-refractivity contribution in [2.45, 2.75) is 228 Å². The second-order valence-corrected chi connectivity index (χ2v) is 28.5. The van der Waals surface area contributed by atoms with Gasteiger partial charge in [-0.25, -0.2) is 0 Å². The molecule has 0 aromatic rings. The minimum Gasteiger partial charge on any atom is -0.633 e. The predicted molar refractivity (Wildman–Crippen MR) is 363 cm³/mol. The van der Waals surface area contributed by atoms with Gasteiger partial charge in [-0.2, -0.15) is 0 Å². The molecule has 27 heteroatoms. The number of ether oxygens (including phenoxy) is 2. The zero-order valence-corrected chi connectivity index (χ0v) is 61.7. The Morgan fingerprint density at radius 1 is 0.558 bits per heavy atom. The Balaban J connectivity index is 2.98. The van der Waals surface area contributed by atoms with Gasteiger partial charge in [0.1, 0.15) is 73.5 Å². The summed E-state index contributed by atoms with van der Waals surface area (Å²) in [4.78, 5) is 171. The summed E-state index contributed by atoms with van der Waals surface area (Å²) in [5.74, 6) is -10.3. The van der Waals surface area contributed by atoms with Crippen LogP contribution in [0.1, 0.15) is 156 Å². The molecule has 2 rings (SSSR count). The van der Waals surface area contributed by atoms with Crippen molar-refractivity contribution >= 4 is 65.0 Å². The summed E-state index contributed by atoms with van der Waals surface area (Å²) in [6, 6.07) is -13.0. The Kier molecular flexibility index (Phi) is 35.0. The van der Waals surface area contributed by atoms with E-state index in [2.05, 4.69) is 21.3 Å². The summed E-state index contributed by atoms with van der Waals surface area (Å²) in [5.41, 5.74) is 0. The molecule has 0 aliphatic carbocycles. The van der Waals surface area contributed by atoms with Crippen molar-refractivity contribution in [3.05, 3.63) is 17.4 Å². The molecule has 95 heavy (non-hydrogen) atoms. The van der Waals surface area contributed by atoms with Gasteiger partial charge in [0.2, 0.25) is 65.0 Å². The SMILES string of the molecule is C/C=C/C[C@@H](C)[C@@H](O)[C@H]1C(=O)N[C@@H](CC)C(=O)N(C)CC(=O)N(C)[C@@H]([C@@H](C)OCCCC[N+]2([O-])CCOCC2)C(=O)N[C@@H](C(C)C)C(=O)N(C)[C@H](CC(C)C)C(=O)N[C@@H](C)C(=O)N[C@@H](C)C(=O)N(C)[C@@H](CC(C)C)C(=O)N(C)[C@H](CC(C)C)C(=O)N(C)[C@@H](C(C)C)C(=O)N1C. The lowest BCUT2D eigenvalue weighted by Crippen LogP contribution is -2.63. The lowest BCUT2D eigenvalue weighted by molar-refractivity contribution is -0.888. The van der Waals surface area contributed by atoms with Gasteiger partial charge in [-0.05, 0) is 108 Å². The van der Waals surface area contributed by atoms with Crippen molar-refractivity contribution in [2.75, 3.05) is 95.3 Å². The van der Waals surface area contributed by atoms with Crippen LogP contribution in [0.25, 0.3) is 0 Å². The van der Waals surface area contributed by atoms with Crippen LogP contribution in [0.2, 0.25) is 0 Å². The monoisotopic (exact) mass is 1350 g/mol. The number of quaternary nitrogens is 1. The molecule has 2 aliphatic heterocycles. The molecule has 0 unspecified atom stereocenters. The number of carbonyl (C=O) groups is 11. The van der Waals surface area contributed by atoms with E-state index in [-0.39, 0.29) is 56.5 Å². The number of unbranched alkanes of at least 4 members (excludes halogenated alkanes) is 1. The van der Waals surface area contributed by atoms with Gasteiger partial charge in [0.25, 0.3) is 0 Å². The van der Waals surface area contributed by atoms with Gasteiger partial charge in [-0.1, -0.05) is 95.2 Å². The maximum atomic E-state index is 15.2. The Bertz CT molecular complexity index is 2600. The normalized spacial score (nSPS) is 27.1. The maximum absolute atomic E-state index is 15.2. The Morgan fingerprint density at radius 3 is 1.55 bits per heavy atom. The van der Waals surface area contributed by atoms with Crippen molar-refractivity contribution < 1.29 is 72.0 Å². The van der Waals surface area contributed by atoms with E-state index >= 15 is 14.4 Å². The smallest absolute Gasteiger partial charge is 0.246 e. The first kappa shape index (κ1) is 84.8. The molecule has 0 bridgehead atoms. The first-order chi connectivity index (χ1) is 44.1. The molecule has 11 amide bonds. The van der Waals surface area contributed by atoms with Crippen LogP contribution in [0.15, 0.2) is 12.2 Å². The lowest BCUT2D eigenvalue weighted by atomic mass is 9.91. The van der Waals surface area contributed by atoms with Crippen LogP contribution in [-0.2, 0) is 62.2 Å². The average molecular weight is 1350 g/mol. The van der Waals surface area contributed by atoms with Crippen molar-refractivity contribution in [1.82, 2.24) is 55.6 Å². The number of hydrogen-bond donors (Lipinski definition) is 5. The molecule has 0 spiro atoms. The van der Waals surface area contributed by atoms with Crippen molar-refractivity contribution in [2.24, 2.45) is 35.5 Å². The van der Waals surface area contributed by atoms with Crippen LogP contribution < -0.4 is 21.3 Å². The first-order valence-corrected chi connectivity index (χ1v) is 34.2. The van der Waals surface area contributed by atoms with Crippen LogP contribution in [0.4, 0.5) is 0 Å². The summed E-state index contributed by atoms with van der Waals surface area (Å²) in [5, 5.41) is 36.4. The van der Waals surface area contributed by atoms with Crippen molar-refractivity contribution in [1.29, 1.82) is 0 Å². The zero-order chi connectivity index (χ0) is 72.8. The number of likely N-dealkylation sites (N-methyl/N-ethyl adjacent to an activating group) is 7. The van der Waals surface area contributed by atoms with Crippen LogP contribution in [0.3, 0.4) is 0 Å². The molecule has 13 atom stereocenters. The Morgan fingerprint density at radius 2 is 1.04 bits per heavy atom. The predicted octanol–water partition coefficient (Wildman–Crippen LogP) is 2.75. The first-order valence-electron chi connectivity index (χ1n) is 34.2. The maximum Gasteiger partial charge on any atom is 0.246 e. The van der Waals surface area contributed by atoms with Gasteiger partial charge in [0.05, 0.1) is 38.5 Å². The van der Waals surface area contributed by atoms with Gasteiger partial charge in [0, 0.05) is 55.9 Å². The van der Waals surface area contributed by atoms with Crippen molar-refractivity contribution in [3.63, 3.8) is 0 Å². The van der Waals surface area contributed by atoms with E-state index in [1.807, 2.05) is 41.5 Å². The summed E-state index contributed by atoms with van der Waals surface area (Å²) >= 11 is 0. The van der Waals surface area contributed by atoms with Crippen LogP contribution in [0.5, 0.6) is 0 Å². The van der Waals surface area contributed by atoms with E-state index in [1.54, 1.807) is 67.5 Å². The highest BCUT2D eigenvalue weighted by Gasteiger charge is 2.46. The molecule has 0 aromatic heterocycles. The molecule has 2 fully saturated rings. The van der Waals surface area contributed by atoms with E-state index in [4.69, 9.17) is 9.47 Å². The fourth-order valence-electron chi connectivity index (χ4n) is 12.2. The highest BCUT2D eigenvalue weighted by Crippen LogP contribution is 2.26. The van der Waals surface area contributed by atoms with Crippen LogP contribution >= 0.6 is 0 Å². The summed E-state index contributed by atoms with van der Waals surface area (Å²) in [6.07, 6.45) is 2.55. The van der Waals surface area contributed by atoms with Gasteiger partial charge in [-0.3, -0.25) is 52.7 Å². The van der Waals surface area contributed by atoms with E-state index in [0.717, 1.165) is 14.7 Å². The topological polar surface area (TPSA) is 320 Å². The second kappa shape index (κ2) is 39.2. The van der Waals surface area contributed by atoms with Crippen molar-refractivity contribution in [3.8, 4) is 0 Å². The fraction of sp³-hybridized carbons (Fsp3) is 0.809. The number of rotatable bonds is 20. The van der Waals surface area contributed by atoms with E-state index in [0.29, 0.717) is 45.7 Å². The number of hydroxylamine groups is 3. The Hall–Kier alpha value is -6.29.